The first-order valence-corrected chi connectivity index (χ1v) is 7.25. The van der Waals surface area contributed by atoms with Crippen LogP contribution < -0.4 is 5.73 Å². The predicted octanol–water partition coefficient (Wildman–Crippen LogP) is 3.34. The van der Waals surface area contributed by atoms with Crippen molar-refractivity contribution in [3.63, 3.8) is 0 Å². The highest BCUT2D eigenvalue weighted by Crippen LogP contribution is 2.17. The third-order valence-electron chi connectivity index (χ3n) is 2.33. The van der Waals surface area contributed by atoms with Crippen molar-refractivity contribution in [1.82, 2.24) is 0 Å². The lowest BCUT2D eigenvalue weighted by atomic mass is 10.2. The Bertz CT molecular complexity index is 539. The maximum absolute atomic E-state index is 12.1. The van der Waals surface area contributed by atoms with E-state index in [1.807, 2.05) is 36.4 Å². The number of hydrogen-bond donors (Lipinski definition) is 1. The molecule has 0 aliphatic rings. The molecule has 0 aromatic heterocycles. The van der Waals surface area contributed by atoms with Gasteiger partial charge in [0.1, 0.15) is 0 Å². The summed E-state index contributed by atoms with van der Waals surface area (Å²) in [5, 5.41) is 0. The molecule has 0 aliphatic heterocycles. The molecule has 0 aliphatic carbocycles. The average molecular weight is 310 g/mol. The quantitative estimate of drug-likeness (QED) is 0.884. The normalized spacial score (nSPS) is 12.3. The number of hydrogen-bond acceptors (Lipinski definition) is 2. The molecule has 2 nitrogen and oxygen atoms in total. The van der Waals surface area contributed by atoms with Gasteiger partial charge in [0, 0.05) is 15.1 Å². The van der Waals surface area contributed by atoms with Crippen LogP contribution in [0.15, 0.2) is 57.9 Å². The smallest absolute Gasteiger partial charge is 0.0574 e. The van der Waals surface area contributed by atoms with Crippen LogP contribution in [0.25, 0.3) is 0 Å². The fourth-order valence-corrected chi connectivity index (χ4v) is 2.90. The monoisotopic (exact) mass is 309 g/mol. The zero-order valence-corrected chi connectivity index (χ0v) is 11.5. The molecule has 0 saturated carbocycles. The number of rotatable bonds is 3. The molecule has 88 valence electrons. The SMILES string of the molecule is Nc1cccc(S(=O)Cc2ccc(Br)cc2)c1. The summed E-state index contributed by atoms with van der Waals surface area (Å²) in [7, 11) is -1.05. The molecule has 2 rings (SSSR count). The molecule has 0 spiro atoms. The predicted molar refractivity (Wildman–Crippen MR) is 75.1 cm³/mol. The minimum atomic E-state index is -1.05. The molecule has 2 aromatic carbocycles. The Morgan fingerprint density at radius 3 is 2.47 bits per heavy atom. The highest BCUT2D eigenvalue weighted by Gasteiger charge is 2.05. The summed E-state index contributed by atoms with van der Waals surface area (Å²) in [6.45, 7) is 0. The number of anilines is 1. The van der Waals surface area contributed by atoms with Crippen LogP contribution in [0.1, 0.15) is 5.56 Å². The van der Waals surface area contributed by atoms with E-state index in [1.165, 1.54) is 0 Å². The van der Waals surface area contributed by atoms with Gasteiger partial charge >= 0.3 is 0 Å². The maximum atomic E-state index is 12.1. The summed E-state index contributed by atoms with van der Waals surface area (Å²) in [6.07, 6.45) is 0. The van der Waals surface area contributed by atoms with Crippen LogP contribution in [0.2, 0.25) is 0 Å². The Kier molecular flexibility index (Phi) is 3.97. The second-order valence-electron chi connectivity index (χ2n) is 3.69. The van der Waals surface area contributed by atoms with Crippen LogP contribution in [0.4, 0.5) is 5.69 Å². The lowest BCUT2D eigenvalue weighted by Crippen LogP contribution is -1.97. The molecular weight excluding hydrogens is 298 g/mol. The molecular formula is C13H12BrNOS. The van der Waals surface area contributed by atoms with Gasteiger partial charge < -0.3 is 5.73 Å². The summed E-state index contributed by atoms with van der Waals surface area (Å²) in [5.74, 6) is 0.511. The first-order chi connectivity index (χ1) is 8.15. The third-order valence-corrected chi connectivity index (χ3v) is 4.24. The molecule has 2 aromatic rings. The number of halogens is 1. The summed E-state index contributed by atoms with van der Waals surface area (Å²) >= 11 is 3.37. The van der Waals surface area contributed by atoms with Crippen molar-refractivity contribution in [2.45, 2.75) is 10.6 Å². The van der Waals surface area contributed by atoms with E-state index in [1.54, 1.807) is 12.1 Å². The fourth-order valence-electron chi connectivity index (χ4n) is 1.47. The second-order valence-corrected chi connectivity index (χ2v) is 6.06. The number of nitrogen functional groups attached to an aromatic ring is 1. The Hall–Kier alpha value is -1.13. The Morgan fingerprint density at radius 1 is 1.12 bits per heavy atom. The molecule has 0 fully saturated rings. The van der Waals surface area contributed by atoms with Crippen molar-refractivity contribution in [3.8, 4) is 0 Å². The zero-order chi connectivity index (χ0) is 12.3. The second kappa shape index (κ2) is 5.47. The Balaban J connectivity index is 2.14. The lowest BCUT2D eigenvalue weighted by Gasteiger charge is -2.03. The first kappa shape index (κ1) is 12.3. The summed E-state index contributed by atoms with van der Waals surface area (Å²) in [5.41, 5.74) is 7.36. The summed E-state index contributed by atoms with van der Waals surface area (Å²) in [6, 6.07) is 15.0. The topological polar surface area (TPSA) is 43.1 Å². The van der Waals surface area contributed by atoms with Crippen LogP contribution in [0.3, 0.4) is 0 Å². The molecule has 17 heavy (non-hydrogen) atoms. The lowest BCUT2D eigenvalue weighted by molar-refractivity contribution is 0.682. The molecule has 0 radical (unpaired) electrons. The van der Waals surface area contributed by atoms with Gasteiger partial charge in [-0.25, -0.2) is 0 Å². The van der Waals surface area contributed by atoms with E-state index in [9.17, 15) is 4.21 Å². The van der Waals surface area contributed by atoms with Crippen molar-refractivity contribution in [2.24, 2.45) is 0 Å². The molecule has 0 amide bonds. The van der Waals surface area contributed by atoms with Crippen LogP contribution in [0, 0.1) is 0 Å². The Labute approximate surface area is 111 Å². The molecule has 4 heteroatoms. The van der Waals surface area contributed by atoms with Gasteiger partial charge in [-0.05, 0) is 35.9 Å². The molecule has 1 unspecified atom stereocenters. The highest BCUT2D eigenvalue weighted by molar-refractivity contribution is 9.10. The third kappa shape index (κ3) is 3.41. The number of benzene rings is 2. The van der Waals surface area contributed by atoms with Gasteiger partial charge in [0.2, 0.25) is 0 Å². The van der Waals surface area contributed by atoms with Crippen molar-refractivity contribution in [2.75, 3.05) is 5.73 Å². The minimum absolute atomic E-state index is 0.511. The standard InChI is InChI=1S/C13H12BrNOS/c14-11-6-4-10(5-7-11)9-17(16)13-3-1-2-12(15)8-13/h1-8H,9,15H2. The summed E-state index contributed by atoms with van der Waals surface area (Å²) in [4.78, 5) is 0.771. The van der Waals surface area contributed by atoms with Crippen molar-refractivity contribution < 1.29 is 4.21 Å². The average Bonchev–Trinajstić information content (AvgIpc) is 2.32. The molecule has 2 N–H and O–H groups in total. The van der Waals surface area contributed by atoms with Gasteiger partial charge in [-0.2, -0.15) is 0 Å². The van der Waals surface area contributed by atoms with E-state index in [-0.39, 0.29) is 0 Å². The number of nitrogens with two attached hydrogens (primary N) is 1. The van der Waals surface area contributed by atoms with Gasteiger partial charge in [-0.1, -0.05) is 34.1 Å². The zero-order valence-electron chi connectivity index (χ0n) is 9.10. The maximum Gasteiger partial charge on any atom is 0.0574 e. The van der Waals surface area contributed by atoms with Gasteiger partial charge in [0.25, 0.3) is 0 Å². The molecule has 1 atom stereocenters. The van der Waals surface area contributed by atoms with Crippen molar-refractivity contribution in [1.29, 1.82) is 0 Å². The van der Waals surface area contributed by atoms with E-state index in [0.29, 0.717) is 11.4 Å². The van der Waals surface area contributed by atoms with Gasteiger partial charge in [-0.3, -0.25) is 4.21 Å². The van der Waals surface area contributed by atoms with Gasteiger partial charge in [0.15, 0.2) is 0 Å². The van der Waals surface area contributed by atoms with Crippen LogP contribution in [-0.2, 0) is 16.6 Å². The van der Waals surface area contributed by atoms with Crippen molar-refractivity contribution in [3.05, 3.63) is 58.6 Å². The van der Waals surface area contributed by atoms with E-state index in [4.69, 9.17) is 5.73 Å². The van der Waals surface area contributed by atoms with Crippen LogP contribution in [-0.4, -0.2) is 4.21 Å². The van der Waals surface area contributed by atoms with Gasteiger partial charge in [0.05, 0.1) is 16.6 Å². The summed E-state index contributed by atoms with van der Waals surface area (Å²) < 4.78 is 13.1. The first-order valence-electron chi connectivity index (χ1n) is 5.13. The molecule has 0 bridgehead atoms. The van der Waals surface area contributed by atoms with E-state index in [0.717, 1.165) is 14.9 Å². The largest absolute Gasteiger partial charge is 0.399 e. The van der Waals surface area contributed by atoms with E-state index in [2.05, 4.69) is 15.9 Å². The Morgan fingerprint density at radius 2 is 1.82 bits per heavy atom. The highest BCUT2D eigenvalue weighted by atomic mass is 79.9. The molecule has 0 heterocycles. The van der Waals surface area contributed by atoms with E-state index < -0.39 is 10.8 Å². The fraction of sp³-hybridized carbons (Fsp3) is 0.0769. The minimum Gasteiger partial charge on any atom is -0.399 e. The molecule has 0 saturated heterocycles. The van der Waals surface area contributed by atoms with Gasteiger partial charge in [-0.15, -0.1) is 0 Å². The van der Waals surface area contributed by atoms with Crippen LogP contribution >= 0.6 is 15.9 Å². The van der Waals surface area contributed by atoms with Crippen LogP contribution in [0.5, 0.6) is 0 Å². The van der Waals surface area contributed by atoms with Crippen molar-refractivity contribution >= 4 is 32.4 Å². The van der Waals surface area contributed by atoms with E-state index >= 15 is 0 Å².